The van der Waals surface area contributed by atoms with E-state index in [0.717, 1.165) is 11.4 Å². The van der Waals surface area contributed by atoms with E-state index in [1.165, 1.54) is 23.4 Å². The summed E-state index contributed by atoms with van der Waals surface area (Å²) in [6, 6.07) is 9.75. The smallest absolute Gasteiger partial charge is 0.141 e. The Hall–Kier alpha value is -1.94. The number of benzene rings is 1. The van der Waals surface area contributed by atoms with E-state index < -0.39 is 0 Å². The molecule has 0 radical (unpaired) electrons. The molecule has 0 aliphatic rings. The van der Waals surface area contributed by atoms with Gasteiger partial charge in [-0.3, -0.25) is 0 Å². The van der Waals surface area contributed by atoms with Crippen LogP contribution >= 0.6 is 0 Å². The fourth-order valence-electron chi connectivity index (χ4n) is 2.01. The van der Waals surface area contributed by atoms with E-state index in [4.69, 9.17) is 5.73 Å². The van der Waals surface area contributed by atoms with Crippen molar-refractivity contribution >= 4 is 5.82 Å². The van der Waals surface area contributed by atoms with E-state index in [1.807, 2.05) is 11.9 Å². The topological polar surface area (TPSA) is 42.2 Å². The maximum absolute atomic E-state index is 13.1. The van der Waals surface area contributed by atoms with Crippen molar-refractivity contribution in [3.05, 3.63) is 59.0 Å². The minimum atomic E-state index is -0.354. The van der Waals surface area contributed by atoms with Gasteiger partial charge >= 0.3 is 0 Å². The number of hydrogen-bond acceptors (Lipinski definition) is 3. The molecule has 0 amide bonds. The number of aromatic nitrogens is 1. The van der Waals surface area contributed by atoms with Crippen molar-refractivity contribution in [1.29, 1.82) is 0 Å². The van der Waals surface area contributed by atoms with Gasteiger partial charge in [0.15, 0.2) is 0 Å². The van der Waals surface area contributed by atoms with Crippen LogP contribution in [0.1, 0.15) is 16.7 Å². The minimum absolute atomic E-state index is 0.276. The lowest BCUT2D eigenvalue weighted by Gasteiger charge is -2.21. The van der Waals surface area contributed by atoms with E-state index >= 15 is 0 Å². The maximum Gasteiger partial charge on any atom is 0.141 e. The van der Waals surface area contributed by atoms with Crippen molar-refractivity contribution < 1.29 is 4.39 Å². The average molecular weight is 259 g/mol. The summed E-state index contributed by atoms with van der Waals surface area (Å²) in [5.41, 5.74) is 8.77. The third kappa shape index (κ3) is 3.29. The Balaban J connectivity index is 2.19. The van der Waals surface area contributed by atoms with Gasteiger partial charge < -0.3 is 10.6 Å². The lowest BCUT2D eigenvalue weighted by molar-refractivity contribution is 0.617. The summed E-state index contributed by atoms with van der Waals surface area (Å²) >= 11 is 0. The van der Waals surface area contributed by atoms with Gasteiger partial charge in [0.05, 0.1) is 6.20 Å². The van der Waals surface area contributed by atoms with Crippen LogP contribution in [0.3, 0.4) is 0 Å². The lowest BCUT2D eigenvalue weighted by Crippen LogP contribution is -2.20. The molecule has 0 spiro atoms. The molecule has 1 aromatic heterocycles. The minimum Gasteiger partial charge on any atom is -0.355 e. The number of nitrogens with two attached hydrogens (primary N) is 1. The molecule has 2 aromatic rings. The summed E-state index contributed by atoms with van der Waals surface area (Å²) in [4.78, 5) is 6.11. The number of nitrogens with zero attached hydrogens (tertiary/aromatic N) is 2. The molecule has 0 saturated heterocycles. The zero-order valence-electron chi connectivity index (χ0n) is 11.2. The molecule has 0 aliphatic carbocycles. The number of pyridine rings is 1. The quantitative estimate of drug-likeness (QED) is 0.917. The molecule has 0 saturated carbocycles. The Morgan fingerprint density at radius 2 is 1.95 bits per heavy atom. The highest BCUT2D eigenvalue weighted by atomic mass is 19.1. The van der Waals surface area contributed by atoms with E-state index in [2.05, 4.69) is 36.2 Å². The van der Waals surface area contributed by atoms with E-state index in [0.29, 0.717) is 6.54 Å². The fraction of sp³-hybridized carbons (Fsp3) is 0.267. The van der Waals surface area contributed by atoms with Gasteiger partial charge in [0, 0.05) is 25.7 Å². The molecule has 4 heteroatoms. The number of anilines is 1. The number of rotatable bonds is 4. The van der Waals surface area contributed by atoms with Crippen LogP contribution in [-0.4, -0.2) is 12.0 Å². The predicted molar refractivity (Wildman–Crippen MR) is 75.4 cm³/mol. The van der Waals surface area contributed by atoms with Gasteiger partial charge in [0.1, 0.15) is 11.6 Å². The summed E-state index contributed by atoms with van der Waals surface area (Å²) in [6.45, 7) is 3.05. The summed E-state index contributed by atoms with van der Waals surface area (Å²) in [5, 5.41) is 0. The molecule has 2 N–H and O–H groups in total. The standard InChI is InChI=1S/C15H18FN3/c1-11-3-5-12(6-4-11)10-19(2)15-13(8-17)7-14(16)9-18-15/h3-7,9H,8,10,17H2,1-2H3. The van der Waals surface area contributed by atoms with Crippen molar-refractivity contribution in [3.63, 3.8) is 0 Å². The van der Waals surface area contributed by atoms with Crippen LogP contribution in [0.2, 0.25) is 0 Å². The summed E-state index contributed by atoms with van der Waals surface area (Å²) in [7, 11) is 1.93. The van der Waals surface area contributed by atoms with Crippen molar-refractivity contribution in [2.45, 2.75) is 20.0 Å². The second kappa shape index (κ2) is 5.80. The van der Waals surface area contributed by atoms with E-state index in [-0.39, 0.29) is 12.4 Å². The number of aryl methyl sites for hydroxylation is 1. The SMILES string of the molecule is Cc1ccc(CN(C)c2ncc(F)cc2CN)cc1. The lowest BCUT2D eigenvalue weighted by atomic mass is 10.1. The molecular weight excluding hydrogens is 241 g/mol. The summed E-state index contributed by atoms with van der Waals surface area (Å²) in [6.07, 6.45) is 1.22. The molecular formula is C15H18FN3. The Labute approximate surface area is 112 Å². The number of halogens is 1. The van der Waals surface area contributed by atoms with Crippen LogP contribution in [0, 0.1) is 12.7 Å². The van der Waals surface area contributed by atoms with Gasteiger partial charge in [-0.15, -0.1) is 0 Å². The maximum atomic E-state index is 13.1. The summed E-state index contributed by atoms with van der Waals surface area (Å²) in [5.74, 6) is 0.373. The second-order valence-electron chi connectivity index (χ2n) is 4.68. The van der Waals surface area contributed by atoms with Gasteiger partial charge in [0.2, 0.25) is 0 Å². The first-order chi connectivity index (χ1) is 9.10. The van der Waals surface area contributed by atoms with Crippen LogP contribution in [0.5, 0.6) is 0 Å². The molecule has 19 heavy (non-hydrogen) atoms. The first kappa shape index (κ1) is 13.5. The molecule has 3 nitrogen and oxygen atoms in total. The van der Waals surface area contributed by atoms with Gasteiger partial charge in [-0.2, -0.15) is 0 Å². The normalized spacial score (nSPS) is 10.5. The molecule has 2 rings (SSSR count). The second-order valence-corrected chi connectivity index (χ2v) is 4.68. The molecule has 1 aromatic carbocycles. The molecule has 0 aliphatic heterocycles. The Morgan fingerprint density at radius 3 is 2.58 bits per heavy atom. The van der Waals surface area contributed by atoms with Crippen molar-refractivity contribution in [2.24, 2.45) is 5.73 Å². The van der Waals surface area contributed by atoms with Crippen LogP contribution < -0.4 is 10.6 Å². The third-order valence-electron chi connectivity index (χ3n) is 3.03. The van der Waals surface area contributed by atoms with Crippen molar-refractivity contribution in [1.82, 2.24) is 4.98 Å². The Bertz CT molecular complexity index is 552. The molecule has 0 atom stereocenters. The zero-order chi connectivity index (χ0) is 13.8. The van der Waals surface area contributed by atoms with E-state index in [9.17, 15) is 4.39 Å². The molecule has 0 unspecified atom stereocenters. The van der Waals surface area contributed by atoms with Gasteiger partial charge in [0.25, 0.3) is 0 Å². The average Bonchev–Trinajstić information content (AvgIpc) is 2.41. The van der Waals surface area contributed by atoms with Crippen molar-refractivity contribution in [3.8, 4) is 0 Å². The monoisotopic (exact) mass is 259 g/mol. The fourth-order valence-corrected chi connectivity index (χ4v) is 2.01. The van der Waals surface area contributed by atoms with Gasteiger partial charge in [-0.1, -0.05) is 29.8 Å². The largest absolute Gasteiger partial charge is 0.355 e. The molecule has 0 bridgehead atoms. The summed E-state index contributed by atoms with van der Waals surface area (Å²) < 4.78 is 13.1. The third-order valence-corrected chi connectivity index (χ3v) is 3.03. The van der Waals surface area contributed by atoms with Crippen LogP contribution in [0.25, 0.3) is 0 Å². The van der Waals surface area contributed by atoms with Crippen LogP contribution in [0.4, 0.5) is 10.2 Å². The molecule has 0 fully saturated rings. The Morgan fingerprint density at radius 1 is 1.26 bits per heavy atom. The van der Waals surface area contributed by atoms with Gasteiger partial charge in [-0.05, 0) is 18.6 Å². The highest BCUT2D eigenvalue weighted by Crippen LogP contribution is 2.19. The van der Waals surface area contributed by atoms with E-state index in [1.54, 1.807) is 0 Å². The van der Waals surface area contributed by atoms with Crippen molar-refractivity contribution in [2.75, 3.05) is 11.9 Å². The Kier molecular flexibility index (Phi) is 4.12. The molecule has 1 heterocycles. The van der Waals surface area contributed by atoms with Crippen LogP contribution in [0.15, 0.2) is 36.5 Å². The highest BCUT2D eigenvalue weighted by Gasteiger charge is 2.09. The van der Waals surface area contributed by atoms with Crippen LogP contribution in [-0.2, 0) is 13.1 Å². The zero-order valence-corrected chi connectivity index (χ0v) is 11.2. The molecule has 100 valence electrons. The predicted octanol–water partition coefficient (Wildman–Crippen LogP) is 2.62. The first-order valence-electron chi connectivity index (χ1n) is 6.21. The highest BCUT2D eigenvalue weighted by molar-refractivity contribution is 5.46. The van der Waals surface area contributed by atoms with Gasteiger partial charge in [-0.25, -0.2) is 9.37 Å². The number of hydrogen-bond donors (Lipinski definition) is 1. The first-order valence-corrected chi connectivity index (χ1v) is 6.21.